The fourth-order valence-electron chi connectivity index (χ4n) is 2.12. The van der Waals surface area contributed by atoms with Crippen molar-refractivity contribution >= 4 is 29.9 Å². The lowest BCUT2D eigenvalue weighted by molar-refractivity contribution is 0.0787. The Balaban J connectivity index is 0.00000162. The van der Waals surface area contributed by atoms with Gasteiger partial charge in [0.15, 0.2) is 0 Å². The Hall–Kier alpha value is -0.770. The standard InChI is InChI=1S/C13H17ClN2O.ClH/c1-9-2-3-11(6-12(9)14)13(17)16-5-4-10(7-15)8-16;/h2-3,6,10H,4-5,7-8,15H2,1H3;1H. The number of likely N-dealkylation sites (tertiary alicyclic amines) is 1. The summed E-state index contributed by atoms with van der Waals surface area (Å²) in [5.41, 5.74) is 7.28. The van der Waals surface area contributed by atoms with Gasteiger partial charge in [0.1, 0.15) is 0 Å². The highest BCUT2D eigenvalue weighted by molar-refractivity contribution is 6.31. The Bertz CT molecular complexity index is 437. The molecule has 1 aromatic rings. The molecule has 1 aromatic carbocycles. The van der Waals surface area contributed by atoms with E-state index in [1.807, 2.05) is 24.0 Å². The largest absolute Gasteiger partial charge is 0.338 e. The zero-order chi connectivity index (χ0) is 12.4. The van der Waals surface area contributed by atoms with E-state index in [1.54, 1.807) is 6.07 Å². The van der Waals surface area contributed by atoms with Gasteiger partial charge >= 0.3 is 0 Å². The minimum atomic E-state index is 0. The second kappa shape index (κ2) is 6.41. The van der Waals surface area contributed by atoms with E-state index in [9.17, 15) is 4.79 Å². The SMILES string of the molecule is Cc1ccc(C(=O)N2CCC(CN)C2)cc1Cl.Cl. The molecule has 2 rings (SSSR count). The van der Waals surface area contributed by atoms with Gasteiger partial charge in [-0.25, -0.2) is 0 Å². The van der Waals surface area contributed by atoms with Crippen molar-refractivity contribution in [3.63, 3.8) is 0 Å². The van der Waals surface area contributed by atoms with Gasteiger partial charge in [0.25, 0.3) is 5.91 Å². The maximum absolute atomic E-state index is 12.2. The van der Waals surface area contributed by atoms with E-state index in [2.05, 4.69) is 0 Å². The molecule has 0 aliphatic carbocycles. The third kappa shape index (κ3) is 3.16. The number of rotatable bonds is 2. The van der Waals surface area contributed by atoms with Crippen LogP contribution in [0, 0.1) is 12.8 Å². The van der Waals surface area contributed by atoms with E-state index < -0.39 is 0 Å². The number of carbonyl (C=O) groups is 1. The fourth-order valence-corrected chi connectivity index (χ4v) is 2.30. The van der Waals surface area contributed by atoms with E-state index >= 15 is 0 Å². The first-order valence-corrected chi connectivity index (χ1v) is 6.25. The molecule has 0 bridgehead atoms. The summed E-state index contributed by atoms with van der Waals surface area (Å²) in [6.07, 6.45) is 1.00. The van der Waals surface area contributed by atoms with Gasteiger partial charge in [-0.1, -0.05) is 17.7 Å². The number of carbonyl (C=O) groups excluding carboxylic acids is 1. The lowest BCUT2D eigenvalue weighted by Gasteiger charge is -2.16. The molecule has 3 nitrogen and oxygen atoms in total. The molecule has 18 heavy (non-hydrogen) atoms. The van der Waals surface area contributed by atoms with E-state index in [4.69, 9.17) is 17.3 Å². The average molecular weight is 289 g/mol. The van der Waals surface area contributed by atoms with Crippen LogP contribution in [0.4, 0.5) is 0 Å². The van der Waals surface area contributed by atoms with Crippen LogP contribution in [0.2, 0.25) is 5.02 Å². The highest BCUT2D eigenvalue weighted by Gasteiger charge is 2.26. The van der Waals surface area contributed by atoms with E-state index in [1.165, 1.54) is 0 Å². The minimum Gasteiger partial charge on any atom is -0.338 e. The van der Waals surface area contributed by atoms with Crippen molar-refractivity contribution in [3.8, 4) is 0 Å². The third-order valence-electron chi connectivity index (χ3n) is 3.33. The first-order chi connectivity index (χ1) is 8.11. The molecular formula is C13H18Cl2N2O. The Kier molecular flexibility index (Phi) is 5.45. The highest BCUT2D eigenvalue weighted by Crippen LogP contribution is 2.21. The fraction of sp³-hybridized carbons (Fsp3) is 0.462. The second-order valence-electron chi connectivity index (χ2n) is 4.61. The molecule has 1 amide bonds. The number of aryl methyl sites for hydroxylation is 1. The zero-order valence-corrected chi connectivity index (χ0v) is 11.9. The molecule has 0 spiro atoms. The summed E-state index contributed by atoms with van der Waals surface area (Å²) >= 11 is 6.03. The molecule has 1 heterocycles. The van der Waals surface area contributed by atoms with Crippen LogP contribution < -0.4 is 5.73 Å². The number of amides is 1. The summed E-state index contributed by atoms with van der Waals surface area (Å²) in [7, 11) is 0. The van der Waals surface area contributed by atoms with Crippen LogP contribution >= 0.6 is 24.0 Å². The first-order valence-electron chi connectivity index (χ1n) is 5.87. The Morgan fingerprint density at radius 3 is 2.83 bits per heavy atom. The predicted octanol–water partition coefficient (Wildman–Crippen LogP) is 2.49. The van der Waals surface area contributed by atoms with Gasteiger partial charge in [-0.15, -0.1) is 12.4 Å². The smallest absolute Gasteiger partial charge is 0.253 e. The van der Waals surface area contributed by atoms with E-state index in [0.717, 1.165) is 25.1 Å². The van der Waals surface area contributed by atoms with Crippen LogP contribution in [0.1, 0.15) is 22.3 Å². The van der Waals surface area contributed by atoms with Gasteiger partial charge in [0.05, 0.1) is 0 Å². The van der Waals surface area contributed by atoms with Crippen LogP contribution in [0.5, 0.6) is 0 Å². The number of nitrogens with zero attached hydrogens (tertiary/aromatic N) is 1. The van der Waals surface area contributed by atoms with Crippen LogP contribution in [-0.2, 0) is 0 Å². The summed E-state index contributed by atoms with van der Waals surface area (Å²) in [4.78, 5) is 14.1. The lowest BCUT2D eigenvalue weighted by Crippen LogP contribution is -2.29. The summed E-state index contributed by atoms with van der Waals surface area (Å²) < 4.78 is 0. The quantitative estimate of drug-likeness (QED) is 0.909. The van der Waals surface area contributed by atoms with Crippen molar-refractivity contribution in [2.24, 2.45) is 11.7 Å². The van der Waals surface area contributed by atoms with Gasteiger partial charge < -0.3 is 10.6 Å². The number of nitrogens with two attached hydrogens (primary N) is 1. The molecule has 0 radical (unpaired) electrons. The third-order valence-corrected chi connectivity index (χ3v) is 3.73. The molecule has 1 saturated heterocycles. The minimum absolute atomic E-state index is 0. The summed E-state index contributed by atoms with van der Waals surface area (Å²) in [6, 6.07) is 5.46. The molecule has 1 aliphatic rings. The normalized spacial score (nSPS) is 18.6. The second-order valence-corrected chi connectivity index (χ2v) is 5.01. The molecule has 1 aliphatic heterocycles. The van der Waals surface area contributed by atoms with Crippen molar-refractivity contribution in [1.82, 2.24) is 4.90 Å². The first kappa shape index (κ1) is 15.3. The molecule has 1 atom stereocenters. The Labute approximate surface area is 119 Å². The molecule has 1 unspecified atom stereocenters. The molecule has 1 fully saturated rings. The summed E-state index contributed by atoms with van der Waals surface area (Å²) in [5, 5.41) is 0.644. The lowest BCUT2D eigenvalue weighted by atomic mass is 10.1. The number of halogens is 2. The molecule has 5 heteroatoms. The van der Waals surface area contributed by atoms with Crippen molar-refractivity contribution in [1.29, 1.82) is 0 Å². The molecule has 0 saturated carbocycles. The number of benzene rings is 1. The number of hydrogen-bond donors (Lipinski definition) is 1. The van der Waals surface area contributed by atoms with Crippen molar-refractivity contribution in [2.45, 2.75) is 13.3 Å². The average Bonchev–Trinajstić information content (AvgIpc) is 2.80. The Morgan fingerprint density at radius 1 is 1.56 bits per heavy atom. The predicted molar refractivity (Wildman–Crippen MR) is 76.5 cm³/mol. The zero-order valence-electron chi connectivity index (χ0n) is 10.4. The summed E-state index contributed by atoms with van der Waals surface area (Å²) in [5.74, 6) is 0.503. The van der Waals surface area contributed by atoms with Gasteiger partial charge in [0.2, 0.25) is 0 Å². The van der Waals surface area contributed by atoms with Crippen molar-refractivity contribution in [2.75, 3.05) is 19.6 Å². The van der Waals surface area contributed by atoms with E-state index in [0.29, 0.717) is 23.0 Å². The molecule has 0 aromatic heterocycles. The monoisotopic (exact) mass is 288 g/mol. The highest BCUT2D eigenvalue weighted by atomic mass is 35.5. The van der Waals surface area contributed by atoms with Gasteiger partial charge in [-0.05, 0) is 43.5 Å². The van der Waals surface area contributed by atoms with Crippen LogP contribution in [-0.4, -0.2) is 30.4 Å². The molecule has 2 N–H and O–H groups in total. The van der Waals surface area contributed by atoms with Gasteiger partial charge in [-0.3, -0.25) is 4.79 Å². The topological polar surface area (TPSA) is 46.3 Å². The van der Waals surface area contributed by atoms with Crippen LogP contribution in [0.15, 0.2) is 18.2 Å². The van der Waals surface area contributed by atoms with Gasteiger partial charge in [-0.2, -0.15) is 0 Å². The van der Waals surface area contributed by atoms with Crippen LogP contribution in [0.3, 0.4) is 0 Å². The molecular weight excluding hydrogens is 271 g/mol. The van der Waals surface area contributed by atoms with Gasteiger partial charge in [0, 0.05) is 23.7 Å². The van der Waals surface area contributed by atoms with Crippen LogP contribution in [0.25, 0.3) is 0 Å². The van der Waals surface area contributed by atoms with E-state index in [-0.39, 0.29) is 18.3 Å². The Morgan fingerprint density at radius 2 is 2.28 bits per heavy atom. The maximum Gasteiger partial charge on any atom is 0.253 e. The van der Waals surface area contributed by atoms with Crippen molar-refractivity contribution in [3.05, 3.63) is 34.3 Å². The van der Waals surface area contributed by atoms with Crippen molar-refractivity contribution < 1.29 is 4.79 Å². The summed E-state index contributed by atoms with van der Waals surface area (Å²) in [6.45, 7) is 4.14. The molecule has 100 valence electrons. The maximum atomic E-state index is 12.2. The number of hydrogen-bond acceptors (Lipinski definition) is 2.